The zero-order valence-corrected chi connectivity index (χ0v) is 10.1. The zero-order chi connectivity index (χ0) is 12.9. The van der Waals surface area contributed by atoms with Crippen LogP contribution in [0.5, 0.6) is 0 Å². The smallest absolute Gasteiger partial charge is 0.305 e. The number of rotatable bonds is 5. The maximum Gasteiger partial charge on any atom is 0.305 e. The maximum atomic E-state index is 12.0. The first-order valence-electron chi connectivity index (χ1n) is 5.87. The quantitative estimate of drug-likeness (QED) is 0.625. The molecule has 0 saturated carbocycles. The van der Waals surface area contributed by atoms with Crippen molar-refractivity contribution in [2.45, 2.75) is 44.2 Å². The highest BCUT2D eigenvalue weighted by molar-refractivity contribution is 5.86. The maximum absolute atomic E-state index is 12.0. The molecule has 0 aromatic carbocycles. The van der Waals surface area contributed by atoms with Crippen LogP contribution in [-0.2, 0) is 14.3 Å². The highest BCUT2D eigenvalue weighted by atomic mass is 16.5. The summed E-state index contributed by atoms with van der Waals surface area (Å²) < 4.78 is 5.16. The van der Waals surface area contributed by atoms with Crippen LogP contribution in [0, 0.1) is 0 Å². The van der Waals surface area contributed by atoms with Crippen molar-refractivity contribution in [1.82, 2.24) is 5.32 Å². The molecule has 1 aliphatic rings. The van der Waals surface area contributed by atoms with Crippen molar-refractivity contribution < 1.29 is 19.4 Å². The highest BCUT2D eigenvalue weighted by Crippen LogP contribution is 2.18. The summed E-state index contributed by atoms with van der Waals surface area (Å²) in [6.07, 6.45) is 1.45. The molecule has 0 spiro atoms. The fraction of sp³-hybridized carbons (Fsp3) is 0.818. The van der Waals surface area contributed by atoms with Crippen molar-refractivity contribution in [3.05, 3.63) is 0 Å². The third kappa shape index (κ3) is 3.98. The minimum atomic E-state index is -0.921. The molecule has 6 nitrogen and oxygen atoms in total. The molecule has 1 unspecified atom stereocenters. The van der Waals surface area contributed by atoms with E-state index in [1.165, 1.54) is 0 Å². The number of ether oxygens (including phenoxy) is 1. The van der Waals surface area contributed by atoms with Crippen LogP contribution in [0.1, 0.15) is 32.6 Å². The molecule has 1 rings (SSSR count). The van der Waals surface area contributed by atoms with Crippen LogP contribution in [0.3, 0.4) is 0 Å². The molecule has 6 heteroatoms. The first kappa shape index (κ1) is 13.9. The van der Waals surface area contributed by atoms with Crippen LogP contribution in [0.4, 0.5) is 0 Å². The Morgan fingerprint density at radius 3 is 2.53 bits per heavy atom. The summed E-state index contributed by atoms with van der Waals surface area (Å²) in [4.78, 5) is 22.6. The molecule has 1 heterocycles. The van der Waals surface area contributed by atoms with E-state index in [2.05, 4.69) is 5.32 Å². The molecule has 1 saturated heterocycles. The topological polar surface area (TPSA) is 102 Å². The Hall–Kier alpha value is -1.14. The van der Waals surface area contributed by atoms with Gasteiger partial charge in [0.05, 0.1) is 12.0 Å². The summed E-state index contributed by atoms with van der Waals surface area (Å²) >= 11 is 0. The fourth-order valence-electron chi connectivity index (χ4n) is 1.80. The number of carboxylic acid groups (broad SMARTS) is 1. The SMILES string of the molecule is CCC(CC(=O)O)NC(=O)C1(N)CCOCC1. The van der Waals surface area contributed by atoms with Crippen molar-refractivity contribution >= 4 is 11.9 Å². The minimum Gasteiger partial charge on any atom is -0.481 e. The number of carbonyl (C=O) groups excluding carboxylic acids is 1. The number of nitrogens with one attached hydrogen (secondary N) is 1. The first-order chi connectivity index (χ1) is 7.98. The lowest BCUT2D eigenvalue weighted by Gasteiger charge is -2.33. The van der Waals surface area contributed by atoms with Gasteiger partial charge in [-0.2, -0.15) is 0 Å². The van der Waals surface area contributed by atoms with Gasteiger partial charge in [-0.05, 0) is 19.3 Å². The lowest BCUT2D eigenvalue weighted by Crippen LogP contribution is -2.58. The van der Waals surface area contributed by atoms with Gasteiger partial charge < -0.3 is 20.9 Å². The van der Waals surface area contributed by atoms with Crippen LogP contribution >= 0.6 is 0 Å². The number of carboxylic acids is 1. The van der Waals surface area contributed by atoms with Gasteiger partial charge in [0.25, 0.3) is 0 Å². The molecule has 0 bridgehead atoms. The molecular weight excluding hydrogens is 224 g/mol. The summed E-state index contributed by atoms with van der Waals surface area (Å²) in [6.45, 7) is 2.78. The van der Waals surface area contributed by atoms with Crippen molar-refractivity contribution in [3.8, 4) is 0 Å². The lowest BCUT2D eigenvalue weighted by atomic mass is 9.90. The number of nitrogens with two attached hydrogens (primary N) is 1. The number of hydrogen-bond acceptors (Lipinski definition) is 4. The van der Waals surface area contributed by atoms with Gasteiger partial charge in [-0.25, -0.2) is 0 Å². The molecule has 17 heavy (non-hydrogen) atoms. The Bertz CT molecular complexity index is 287. The van der Waals surface area contributed by atoms with Gasteiger partial charge in [0.15, 0.2) is 0 Å². The third-order valence-electron chi connectivity index (χ3n) is 3.09. The number of hydrogen-bond donors (Lipinski definition) is 3. The average molecular weight is 244 g/mol. The Morgan fingerprint density at radius 2 is 2.06 bits per heavy atom. The van der Waals surface area contributed by atoms with Crippen LogP contribution in [0.25, 0.3) is 0 Å². The van der Waals surface area contributed by atoms with E-state index in [4.69, 9.17) is 15.6 Å². The average Bonchev–Trinajstić information content (AvgIpc) is 2.28. The standard InChI is InChI=1S/C11H20N2O4/c1-2-8(7-9(14)15)13-10(16)11(12)3-5-17-6-4-11/h8H,2-7,12H2,1H3,(H,13,16)(H,14,15). The molecular formula is C11H20N2O4. The highest BCUT2D eigenvalue weighted by Gasteiger charge is 2.36. The summed E-state index contributed by atoms with van der Waals surface area (Å²) in [6, 6.07) is -0.358. The van der Waals surface area contributed by atoms with Gasteiger partial charge >= 0.3 is 5.97 Å². The van der Waals surface area contributed by atoms with E-state index in [0.29, 0.717) is 32.5 Å². The van der Waals surface area contributed by atoms with Gasteiger partial charge in [-0.15, -0.1) is 0 Å². The monoisotopic (exact) mass is 244 g/mol. The van der Waals surface area contributed by atoms with Crippen LogP contribution in [-0.4, -0.2) is 41.8 Å². The van der Waals surface area contributed by atoms with Gasteiger partial charge in [-0.3, -0.25) is 9.59 Å². The second kappa shape index (κ2) is 5.97. The van der Waals surface area contributed by atoms with E-state index in [0.717, 1.165) is 0 Å². The van der Waals surface area contributed by atoms with Crippen molar-refractivity contribution in [2.24, 2.45) is 5.73 Å². The molecule has 4 N–H and O–H groups in total. The summed E-state index contributed by atoms with van der Waals surface area (Å²) in [7, 11) is 0. The number of amides is 1. The molecule has 1 atom stereocenters. The van der Waals surface area contributed by atoms with E-state index in [1.807, 2.05) is 6.92 Å². The molecule has 0 aliphatic carbocycles. The molecule has 98 valence electrons. The summed E-state index contributed by atoms with van der Waals surface area (Å²) in [5, 5.41) is 11.4. The van der Waals surface area contributed by atoms with Crippen molar-refractivity contribution in [3.63, 3.8) is 0 Å². The molecule has 1 aliphatic heterocycles. The van der Waals surface area contributed by atoms with Crippen LogP contribution < -0.4 is 11.1 Å². The zero-order valence-electron chi connectivity index (χ0n) is 10.1. The Balaban J connectivity index is 2.53. The van der Waals surface area contributed by atoms with E-state index in [9.17, 15) is 9.59 Å². The van der Waals surface area contributed by atoms with E-state index >= 15 is 0 Å². The van der Waals surface area contributed by atoms with Crippen molar-refractivity contribution in [1.29, 1.82) is 0 Å². The minimum absolute atomic E-state index is 0.0746. The molecule has 0 aromatic heterocycles. The van der Waals surface area contributed by atoms with E-state index in [1.54, 1.807) is 0 Å². The lowest BCUT2D eigenvalue weighted by molar-refractivity contribution is -0.138. The largest absolute Gasteiger partial charge is 0.481 e. The molecule has 1 fully saturated rings. The van der Waals surface area contributed by atoms with E-state index in [-0.39, 0.29) is 18.4 Å². The second-order valence-corrected chi connectivity index (χ2v) is 4.45. The third-order valence-corrected chi connectivity index (χ3v) is 3.09. The fourth-order valence-corrected chi connectivity index (χ4v) is 1.80. The predicted octanol–water partition coefficient (Wildman–Crippen LogP) is -0.136. The van der Waals surface area contributed by atoms with Gasteiger partial charge in [0.1, 0.15) is 0 Å². The molecule has 0 radical (unpaired) electrons. The Morgan fingerprint density at radius 1 is 1.47 bits per heavy atom. The van der Waals surface area contributed by atoms with Gasteiger partial charge in [0.2, 0.25) is 5.91 Å². The van der Waals surface area contributed by atoms with Gasteiger partial charge in [-0.1, -0.05) is 6.92 Å². The van der Waals surface area contributed by atoms with Gasteiger partial charge in [0, 0.05) is 19.3 Å². The predicted molar refractivity (Wildman–Crippen MR) is 61.4 cm³/mol. The Kier molecular flexibility index (Phi) is 4.89. The number of aliphatic carboxylic acids is 1. The first-order valence-corrected chi connectivity index (χ1v) is 5.87. The van der Waals surface area contributed by atoms with Crippen molar-refractivity contribution in [2.75, 3.05) is 13.2 Å². The summed E-state index contributed by atoms with van der Waals surface area (Å²) in [5.74, 6) is -1.19. The second-order valence-electron chi connectivity index (χ2n) is 4.45. The molecule has 0 aromatic rings. The van der Waals surface area contributed by atoms with Crippen LogP contribution in [0.2, 0.25) is 0 Å². The normalized spacial score (nSPS) is 20.6. The molecule has 1 amide bonds. The summed E-state index contributed by atoms with van der Waals surface area (Å²) in [5.41, 5.74) is 5.08. The number of carbonyl (C=O) groups is 2. The van der Waals surface area contributed by atoms with Crippen LogP contribution in [0.15, 0.2) is 0 Å². The Labute approximate surface area is 101 Å². The van der Waals surface area contributed by atoms with E-state index < -0.39 is 11.5 Å².